The van der Waals surface area contributed by atoms with E-state index in [1.807, 2.05) is 31.2 Å². The average Bonchev–Trinajstić information content (AvgIpc) is 2.60. The van der Waals surface area contributed by atoms with Crippen LogP contribution in [0.2, 0.25) is 5.02 Å². The first-order chi connectivity index (χ1) is 7.24. The zero-order valence-electron chi connectivity index (χ0n) is 8.33. The van der Waals surface area contributed by atoms with Crippen molar-refractivity contribution in [3.63, 3.8) is 0 Å². The number of nitrogen functional groups attached to an aromatic ring is 1. The molecular formula is C11H11ClN2O. The van der Waals surface area contributed by atoms with Crippen LogP contribution in [0.1, 0.15) is 12.5 Å². The molecule has 0 aliphatic rings. The summed E-state index contributed by atoms with van der Waals surface area (Å²) in [6.45, 7) is 2.00. The molecule has 0 saturated carbocycles. The molecule has 0 radical (unpaired) electrons. The first-order valence-corrected chi connectivity index (χ1v) is 5.10. The summed E-state index contributed by atoms with van der Waals surface area (Å²) in [4.78, 5) is 0. The van der Waals surface area contributed by atoms with Crippen LogP contribution in [0.25, 0.3) is 11.3 Å². The van der Waals surface area contributed by atoms with Gasteiger partial charge in [-0.25, -0.2) is 0 Å². The highest BCUT2D eigenvalue weighted by Crippen LogP contribution is 2.32. The topological polar surface area (TPSA) is 52.0 Å². The molecule has 1 heterocycles. The Labute approximate surface area is 92.8 Å². The van der Waals surface area contributed by atoms with Crippen LogP contribution in [0, 0.1) is 0 Å². The van der Waals surface area contributed by atoms with Gasteiger partial charge in [0.1, 0.15) is 0 Å². The Kier molecular flexibility index (Phi) is 2.64. The summed E-state index contributed by atoms with van der Waals surface area (Å²) in [5.41, 5.74) is 7.43. The SMILES string of the molecule is CCc1c(N)noc1-c1ccccc1Cl. The molecule has 0 saturated heterocycles. The second-order valence-corrected chi connectivity index (χ2v) is 3.62. The van der Waals surface area contributed by atoms with Gasteiger partial charge in [-0.2, -0.15) is 0 Å². The maximum absolute atomic E-state index is 6.07. The summed E-state index contributed by atoms with van der Waals surface area (Å²) < 4.78 is 5.19. The van der Waals surface area contributed by atoms with E-state index in [0.29, 0.717) is 16.6 Å². The predicted octanol–water partition coefficient (Wildman–Crippen LogP) is 3.14. The van der Waals surface area contributed by atoms with Gasteiger partial charge in [-0.3, -0.25) is 0 Å². The monoisotopic (exact) mass is 222 g/mol. The highest BCUT2D eigenvalue weighted by Gasteiger charge is 2.15. The third kappa shape index (κ3) is 1.70. The Morgan fingerprint density at radius 2 is 2.13 bits per heavy atom. The van der Waals surface area contributed by atoms with Gasteiger partial charge in [0.15, 0.2) is 11.6 Å². The van der Waals surface area contributed by atoms with Gasteiger partial charge in [0, 0.05) is 11.1 Å². The minimum absolute atomic E-state index is 0.437. The lowest BCUT2D eigenvalue weighted by atomic mass is 10.1. The summed E-state index contributed by atoms with van der Waals surface area (Å²) in [6, 6.07) is 7.48. The van der Waals surface area contributed by atoms with Crippen LogP contribution < -0.4 is 5.73 Å². The number of anilines is 1. The Hall–Kier alpha value is -1.48. The summed E-state index contributed by atoms with van der Waals surface area (Å²) in [7, 11) is 0. The molecule has 15 heavy (non-hydrogen) atoms. The van der Waals surface area contributed by atoms with Crippen LogP contribution in [0.4, 0.5) is 5.82 Å². The van der Waals surface area contributed by atoms with Crippen LogP contribution in [-0.4, -0.2) is 5.16 Å². The lowest BCUT2D eigenvalue weighted by molar-refractivity contribution is 0.435. The largest absolute Gasteiger partial charge is 0.381 e. The predicted molar refractivity (Wildman–Crippen MR) is 60.7 cm³/mol. The lowest BCUT2D eigenvalue weighted by Crippen LogP contribution is -1.91. The molecular weight excluding hydrogens is 212 g/mol. The minimum Gasteiger partial charge on any atom is -0.381 e. The fourth-order valence-corrected chi connectivity index (χ4v) is 1.74. The van der Waals surface area contributed by atoms with E-state index >= 15 is 0 Å². The second kappa shape index (κ2) is 3.95. The number of rotatable bonds is 2. The molecule has 1 aromatic carbocycles. The molecule has 0 aliphatic heterocycles. The fraction of sp³-hybridized carbons (Fsp3) is 0.182. The zero-order chi connectivity index (χ0) is 10.8. The zero-order valence-corrected chi connectivity index (χ0v) is 9.08. The minimum atomic E-state index is 0.437. The van der Waals surface area contributed by atoms with Crippen molar-refractivity contribution < 1.29 is 4.52 Å². The molecule has 2 N–H and O–H groups in total. The Balaban J connectivity index is 2.59. The van der Waals surface area contributed by atoms with Crippen molar-refractivity contribution in [1.29, 1.82) is 0 Å². The molecule has 1 aromatic heterocycles. The lowest BCUT2D eigenvalue weighted by Gasteiger charge is -2.01. The quantitative estimate of drug-likeness (QED) is 0.849. The van der Waals surface area contributed by atoms with Gasteiger partial charge < -0.3 is 10.3 Å². The highest BCUT2D eigenvalue weighted by molar-refractivity contribution is 6.33. The second-order valence-electron chi connectivity index (χ2n) is 3.21. The molecule has 0 atom stereocenters. The summed E-state index contributed by atoms with van der Waals surface area (Å²) in [6.07, 6.45) is 0.774. The number of halogens is 1. The summed E-state index contributed by atoms with van der Waals surface area (Å²) in [5, 5.41) is 4.39. The van der Waals surface area contributed by atoms with Crippen molar-refractivity contribution in [2.75, 3.05) is 5.73 Å². The molecule has 0 spiro atoms. The van der Waals surface area contributed by atoms with Crippen molar-refractivity contribution in [1.82, 2.24) is 5.16 Å². The number of hydrogen-bond acceptors (Lipinski definition) is 3. The number of benzene rings is 1. The molecule has 0 aliphatic carbocycles. The van der Waals surface area contributed by atoms with Crippen LogP contribution in [-0.2, 0) is 6.42 Å². The number of nitrogens with zero attached hydrogens (tertiary/aromatic N) is 1. The molecule has 3 nitrogen and oxygen atoms in total. The van der Waals surface area contributed by atoms with E-state index in [-0.39, 0.29) is 0 Å². The Morgan fingerprint density at radius 1 is 1.40 bits per heavy atom. The van der Waals surface area contributed by atoms with E-state index in [1.54, 1.807) is 0 Å². The molecule has 2 rings (SSSR count). The molecule has 0 unspecified atom stereocenters. The summed E-state index contributed by atoms with van der Waals surface area (Å²) in [5.74, 6) is 1.10. The number of hydrogen-bond donors (Lipinski definition) is 1. The normalized spacial score (nSPS) is 10.5. The molecule has 4 heteroatoms. The van der Waals surface area contributed by atoms with E-state index in [0.717, 1.165) is 17.5 Å². The molecule has 2 aromatic rings. The maximum atomic E-state index is 6.07. The van der Waals surface area contributed by atoms with E-state index in [4.69, 9.17) is 21.9 Å². The van der Waals surface area contributed by atoms with Crippen molar-refractivity contribution in [3.05, 3.63) is 34.9 Å². The van der Waals surface area contributed by atoms with Gasteiger partial charge in [-0.1, -0.05) is 35.8 Å². The van der Waals surface area contributed by atoms with Gasteiger partial charge in [0.2, 0.25) is 0 Å². The first-order valence-electron chi connectivity index (χ1n) is 4.73. The van der Waals surface area contributed by atoms with Crippen molar-refractivity contribution >= 4 is 17.4 Å². The number of aromatic nitrogens is 1. The van der Waals surface area contributed by atoms with Crippen molar-refractivity contribution in [3.8, 4) is 11.3 Å². The third-order valence-corrected chi connectivity index (χ3v) is 2.62. The van der Waals surface area contributed by atoms with Gasteiger partial charge in [-0.05, 0) is 18.6 Å². The van der Waals surface area contributed by atoms with Gasteiger partial charge in [0.25, 0.3) is 0 Å². The molecule has 0 fully saturated rings. The maximum Gasteiger partial charge on any atom is 0.173 e. The van der Waals surface area contributed by atoms with E-state index in [1.165, 1.54) is 0 Å². The van der Waals surface area contributed by atoms with Crippen molar-refractivity contribution in [2.24, 2.45) is 0 Å². The first kappa shape index (κ1) is 10.1. The van der Waals surface area contributed by atoms with Crippen LogP contribution in [0.15, 0.2) is 28.8 Å². The van der Waals surface area contributed by atoms with E-state index < -0.39 is 0 Å². The highest BCUT2D eigenvalue weighted by atomic mass is 35.5. The van der Waals surface area contributed by atoms with Gasteiger partial charge in [0.05, 0.1) is 5.02 Å². The Morgan fingerprint density at radius 3 is 2.80 bits per heavy atom. The summed E-state index contributed by atoms with van der Waals surface area (Å²) >= 11 is 6.07. The van der Waals surface area contributed by atoms with Crippen LogP contribution in [0.3, 0.4) is 0 Å². The van der Waals surface area contributed by atoms with Crippen molar-refractivity contribution in [2.45, 2.75) is 13.3 Å². The standard InChI is InChI=1S/C11H11ClN2O/c1-2-7-10(15-14-11(7)13)8-5-3-4-6-9(8)12/h3-6H,2H2,1H3,(H2,13,14). The third-order valence-electron chi connectivity index (χ3n) is 2.29. The van der Waals surface area contributed by atoms with E-state index in [2.05, 4.69) is 5.16 Å². The van der Waals surface area contributed by atoms with Gasteiger partial charge in [-0.15, -0.1) is 0 Å². The molecule has 0 amide bonds. The van der Waals surface area contributed by atoms with Crippen LogP contribution >= 0.6 is 11.6 Å². The number of nitrogens with two attached hydrogens (primary N) is 1. The van der Waals surface area contributed by atoms with Crippen LogP contribution in [0.5, 0.6) is 0 Å². The fourth-order valence-electron chi connectivity index (χ4n) is 1.52. The molecule has 0 bridgehead atoms. The Bertz CT molecular complexity index is 479. The smallest absolute Gasteiger partial charge is 0.173 e. The van der Waals surface area contributed by atoms with Gasteiger partial charge >= 0.3 is 0 Å². The average molecular weight is 223 g/mol. The molecule has 78 valence electrons. The van der Waals surface area contributed by atoms with E-state index in [9.17, 15) is 0 Å².